The van der Waals surface area contributed by atoms with Crippen LogP contribution >= 0.6 is 0 Å². The molecule has 9 nitrogen and oxygen atoms in total. The third-order valence-corrected chi connectivity index (χ3v) is 4.51. The van der Waals surface area contributed by atoms with Crippen LogP contribution in [-0.4, -0.2) is 26.8 Å². The smallest absolute Gasteiger partial charge is 0.311 e. The third kappa shape index (κ3) is 4.02. The lowest BCUT2D eigenvalue weighted by molar-refractivity contribution is -0.385. The standard InChI is InChI=1S/C20H16FN3O6/c1-12-8-17(13(2)22(12)15-4-3-5-16(10-15)23(26)27)19(25)11-30-20-9-14(21)6-7-18(20)24(28)29/h3-10H,11H2,1-2H3. The lowest BCUT2D eigenvalue weighted by Crippen LogP contribution is -2.13. The van der Waals surface area contributed by atoms with Crippen molar-refractivity contribution in [2.75, 3.05) is 6.61 Å². The number of rotatable bonds is 7. The maximum atomic E-state index is 13.4. The van der Waals surface area contributed by atoms with Crippen molar-refractivity contribution in [3.8, 4) is 11.4 Å². The number of halogens is 1. The van der Waals surface area contributed by atoms with E-state index in [4.69, 9.17) is 4.74 Å². The van der Waals surface area contributed by atoms with Gasteiger partial charge in [0, 0.05) is 41.2 Å². The van der Waals surface area contributed by atoms with Crippen molar-refractivity contribution in [1.29, 1.82) is 0 Å². The van der Waals surface area contributed by atoms with Gasteiger partial charge in [-0.1, -0.05) is 6.07 Å². The number of carbonyl (C=O) groups excluding carboxylic acids is 1. The Balaban J connectivity index is 1.88. The highest BCUT2D eigenvalue weighted by molar-refractivity contribution is 5.98. The molecule has 0 spiro atoms. The monoisotopic (exact) mass is 413 g/mol. The molecule has 2 aromatic carbocycles. The second-order valence-corrected chi connectivity index (χ2v) is 6.48. The van der Waals surface area contributed by atoms with Gasteiger partial charge < -0.3 is 9.30 Å². The number of nitro groups is 2. The Morgan fingerprint density at radius 3 is 2.47 bits per heavy atom. The Kier molecular flexibility index (Phi) is 5.58. The van der Waals surface area contributed by atoms with E-state index in [0.29, 0.717) is 17.1 Å². The van der Waals surface area contributed by atoms with Gasteiger partial charge in [0.15, 0.2) is 12.4 Å². The topological polar surface area (TPSA) is 118 Å². The summed E-state index contributed by atoms with van der Waals surface area (Å²) in [4.78, 5) is 33.5. The van der Waals surface area contributed by atoms with E-state index in [-0.39, 0.29) is 17.0 Å². The number of ether oxygens (including phenoxy) is 1. The van der Waals surface area contributed by atoms with Crippen molar-refractivity contribution in [3.63, 3.8) is 0 Å². The van der Waals surface area contributed by atoms with Gasteiger partial charge in [-0.15, -0.1) is 0 Å². The van der Waals surface area contributed by atoms with Gasteiger partial charge in [0.1, 0.15) is 5.82 Å². The normalized spacial score (nSPS) is 10.6. The van der Waals surface area contributed by atoms with E-state index in [1.54, 1.807) is 36.6 Å². The van der Waals surface area contributed by atoms with Crippen LogP contribution in [0.3, 0.4) is 0 Å². The Hall–Kier alpha value is -4.08. The van der Waals surface area contributed by atoms with E-state index in [2.05, 4.69) is 0 Å². The van der Waals surface area contributed by atoms with Gasteiger partial charge in [-0.05, 0) is 32.0 Å². The molecular weight excluding hydrogens is 397 g/mol. The lowest BCUT2D eigenvalue weighted by Gasteiger charge is -2.10. The Morgan fingerprint density at radius 1 is 1.07 bits per heavy atom. The molecule has 0 N–H and O–H groups in total. The minimum Gasteiger partial charge on any atom is -0.478 e. The number of nitrogens with zero attached hydrogens (tertiary/aromatic N) is 3. The summed E-state index contributed by atoms with van der Waals surface area (Å²) in [6, 6.07) is 10.3. The van der Waals surface area contributed by atoms with Gasteiger partial charge in [0.2, 0.25) is 5.78 Å². The molecule has 1 heterocycles. The minimum atomic E-state index is -0.730. The summed E-state index contributed by atoms with van der Waals surface area (Å²) in [6.45, 7) is 2.87. The molecule has 3 rings (SSSR count). The summed E-state index contributed by atoms with van der Waals surface area (Å²) >= 11 is 0. The van der Waals surface area contributed by atoms with Crippen LogP contribution in [0.1, 0.15) is 21.7 Å². The summed E-state index contributed by atoms with van der Waals surface area (Å²) in [5.41, 5.74) is 1.45. The Morgan fingerprint density at radius 2 is 1.80 bits per heavy atom. The van der Waals surface area contributed by atoms with E-state index in [1.165, 1.54) is 12.1 Å². The number of hydrogen-bond donors (Lipinski definition) is 0. The Bertz CT molecular complexity index is 1170. The van der Waals surface area contributed by atoms with Crippen LogP contribution in [0, 0.1) is 39.9 Å². The molecule has 0 unspecified atom stereocenters. The largest absolute Gasteiger partial charge is 0.478 e. The van der Waals surface area contributed by atoms with Crippen LogP contribution in [0.2, 0.25) is 0 Å². The molecule has 0 saturated carbocycles. The fourth-order valence-electron chi connectivity index (χ4n) is 3.16. The quantitative estimate of drug-likeness (QED) is 0.324. The molecule has 154 valence electrons. The summed E-state index contributed by atoms with van der Waals surface area (Å²) in [5, 5.41) is 22.1. The number of non-ortho nitro benzene ring substituents is 1. The predicted molar refractivity (Wildman–Crippen MR) is 105 cm³/mol. The van der Waals surface area contributed by atoms with E-state index in [1.807, 2.05) is 0 Å². The predicted octanol–water partition coefficient (Wildman–Crippen LogP) is 4.31. The molecule has 3 aromatic rings. The number of Topliss-reactive ketones (excluding diaryl/α,β-unsaturated/α-hetero) is 1. The van der Waals surface area contributed by atoms with Crippen molar-refractivity contribution in [2.24, 2.45) is 0 Å². The van der Waals surface area contributed by atoms with Gasteiger partial charge in [-0.25, -0.2) is 4.39 Å². The van der Waals surface area contributed by atoms with Crippen molar-refractivity contribution < 1.29 is 23.8 Å². The second-order valence-electron chi connectivity index (χ2n) is 6.48. The van der Waals surface area contributed by atoms with Gasteiger partial charge >= 0.3 is 5.69 Å². The number of aryl methyl sites for hydroxylation is 1. The van der Waals surface area contributed by atoms with E-state index in [0.717, 1.165) is 18.2 Å². The van der Waals surface area contributed by atoms with Crippen molar-refractivity contribution in [2.45, 2.75) is 13.8 Å². The Labute approximate surface area is 169 Å². The highest BCUT2D eigenvalue weighted by atomic mass is 19.1. The maximum absolute atomic E-state index is 13.4. The van der Waals surface area contributed by atoms with Gasteiger partial charge in [-0.2, -0.15) is 0 Å². The number of carbonyl (C=O) groups is 1. The van der Waals surface area contributed by atoms with Crippen LogP contribution < -0.4 is 4.74 Å². The molecule has 0 atom stereocenters. The highest BCUT2D eigenvalue weighted by Gasteiger charge is 2.21. The number of ketones is 1. The zero-order valence-electron chi connectivity index (χ0n) is 16.0. The maximum Gasteiger partial charge on any atom is 0.311 e. The molecular formula is C20H16FN3O6. The van der Waals surface area contributed by atoms with Crippen LogP contribution in [0.25, 0.3) is 5.69 Å². The molecule has 0 aliphatic rings. The molecule has 0 radical (unpaired) electrons. The van der Waals surface area contributed by atoms with Crippen molar-refractivity contribution in [3.05, 3.63) is 91.5 Å². The molecule has 0 fully saturated rings. The summed E-state index contributed by atoms with van der Waals surface area (Å²) in [6.07, 6.45) is 0. The first-order valence-electron chi connectivity index (χ1n) is 8.72. The van der Waals surface area contributed by atoms with Crippen LogP contribution in [-0.2, 0) is 0 Å². The number of hydrogen-bond acceptors (Lipinski definition) is 6. The van der Waals surface area contributed by atoms with Gasteiger partial charge in [-0.3, -0.25) is 25.0 Å². The average molecular weight is 413 g/mol. The molecule has 0 aliphatic heterocycles. The fraction of sp³-hybridized carbons (Fsp3) is 0.150. The molecule has 10 heteroatoms. The number of aromatic nitrogens is 1. The van der Waals surface area contributed by atoms with Crippen LogP contribution in [0.15, 0.2) is 48.5 Å². The summed E-state index contributed by atoms with van der Waals surface area (Å²) in [5.74, 6) is -1.55. The molecule has 0 bridgehead atoms. The summed E-state index contributed by atoms with van der Waals surface area (Å²) < 4.78 is 20.3. The van der Waals surface area contributed by atoms with E-state index >= 15 is 0 Å². The molecule has 0 saturated heterocycles. The zero-order valence-corrected chi connectivity index (χ0v) is 16.0. The van der Waals surface area contributed by atoms with E-state index in [9.17, 15) is 29.4 Å². The fourth-order valence-corrected chi connectivity index (χ4v) is 3.16. The molecule has 0 amide bonds. The number of benzene rings is 2. The van der Waals surface area contributed by atoms with Gasteiger partial charge in [0.05, 0.1) is 15.5 Å². The first kappa shape index (κ1) is 20.6. The minimum absolute atomic E-state index is 0.0883. The zero-order chi connectivity index (χ0) is 22.0. The first-order chi connectivity index (χ1) is 14.2. The van der Waals surface area contributed by atoms with E-state index < -0.39 is 33.7 Å². The molecule has 30 heavy (non-hydrogen) atoms. The third-order valence-electron chi connectivity index (χ3n) is 4.51. The molecule has 1 aromatic heterocycles. The molecule has 0 aliphatic carbocycles. The summed E-state index contributed by atoms with van der Waals surface area (Å²) in [7, 11) is 0. The van der Waals surface area contributed by atoms with Crippen LogP contribution in [0.5, 0.6) is 5.75 Å². The number of nitro benzene ring substituents is 2. The average Bonchev–Trinajstić information content (AvgIpc) is 3.00. The SMILES string of the molecule is Cc1cc(C(=O)COc2cc(F)ccc2[N+](=O)[O-])c(C)n1-c1cccc([N+](=O)[O-])c1. The van der Waals surface area contributed by atoms with Crippen LogP contribution in [0.4, 0.5) is 15.8 Å². The lowest BCUT2D eigenvalue weighted by atomic mass is 10.1. The van der Waals surface area contributed by atoms with Gasteiger partial charge in [0.25, 0.3) is 5.69 Å². The van der Waals surface area contributed by atoms with Crippen molar-refractivity contribution >= 4 is 17.2 Å². The second kappa shape index (κ2) is 8.11. The first-order valence-corrected chi connectivity index (χ1v) is 8.72. The van der Waals surface area contributed by atoms with Crippen molar-refractivity contribution in [1.82, 2.24) is 4.57 Å². The highest BCUT2D eigenvalue weighted by Crippen LogP contribution is 2.28.